The Balaban J connectivity index is 2.19. The van der Waals surface area contributed by atoms with Gasteiger partial charge in [0.1, 0.15) is 0 Å². The molecule has 0 amide bonds. The third-order valence-corrected chi connectivity index (χ3v) is 3.82. The molecule has 0 aliphatic heterocycles. The second-order valence-electron chi connectivity index (χ2n) is 5.53. The van der Waals surface area contributed by atoms with E-state index in [1.54, 1.807) is 18.2 Å². The van der Waals surface area contributed by atoms with Gasteiger partial charge in [-0.1, -0.05) is 23.7 Å². The lowest BCUT2D eigenvalue weighted by Crippen LogP contribution is -2.32. The Morgan fingerprint density at radius 3 is 2.71 bits per heavy atom. The number of halogens is 1. The van der Waals surface area contributed by atoms with Crippen LogP contribution in [0.5, 0.6) is 5.75 Å². The van der Waals surface area contributed by atoms with Crippen molar-refractivity contribution in [2.45, 2.75) is 6.92 Å². The molecular formula is C17H11ClN4O6. The number of benzene rings is 2. The molecule has 1 heterocycles. The van der Waals surface area contributed by atoms with Crippen molar-refractivity contribution in [2.24, 2.45) is 5.10 Å². The van der Waals surface area contributed by atoms with Gasteiger partial charge in [-0.25, -0.2) is 4.79 Å². The maximum absolute atomic E-state index is 12.5. The fraction of sp³-hybridized carbons (Fsp3) is 0.0588. The average Bonchev–Trinajstić information content (AvgIpc) is 2.62. The van der Waals surface area contributed by atoms with E-state index in [2.05, 4.69) is 10.1 Å². The van der Waals surface area contributed by atoms with Gasteiger partial charge >= 0.3 is 17.3 Å². The van der Waals surface area contributed by atoms with E-state index < -0.39 is 33.6 Å². The summed E-state index contributed by atoms with van der Waals surface area (Å²) in [5.41, 5.74) is -1.80. The fourth-order valence-corrected chi connectivity index (χ4v) is 2.69. The molecule has 1 aromatic heterocycles. The number of H-pyrrole nitrogens is 1. The number of nitrogens with one attached hydrogen (secondary N) is 1. The van der Waals surface area contributed by atoms with E-state index >= 15 is 0 Å². The largest absolute Gasteiger partial charge is 0.419 e. The molecule has 3 rings (SSSR count). The monoisotopic (exact) mass is 402 g/mol. The van der Waals surface area contributed by atoms with Crippen molar-refractivity contribution in [2.75, 3.05) is 0 Å². The van der Waals surface area contributed by atoms with Crippen LogP contribution in [0.1, 0.15) is 12.5 Å². The summed E-state index contributed by atoms with van der Waals surface area (Å²) < 4.78 is 5.46. The summed E-state index contributed by atoms with van der Waals surface area (Å²) in [4.78, 5) is 48.9. The number of nitro groups is 1. The predicted octanol–water partition coefficient (Wildman–Crippen LogP) is 2.06. The van der Waals surface area contributed by atoms with E-state index in [1.807, 2.05) is 0 Å². The zero-order valence-corrected chi connectivity index (χ0v) is 15.0. The number of fused-ring (bicyclic) bond motifs is 1. The maximum Gasteiger partial charge on any atom is 0.349 e. The minimum Gasteiger partial charge on any atom is -0.419 e. The summed E-state index contributed by atoms with van der Waals surface area (Å²) in [5, 5.41) is 15.2. The Hall–Kier alpha value is -3.79. The highest BCUT2D eigenvalue weighted by atomic mass is 35.5. The van der Waals surface area contributed by atoms with Crippen LogP contribution in [0.2, 0.25) is 5.02 Å². The molecule has 0 saturated heterocycles. The lowest BCUT2D eigenvalue weighted by Gasteiger charge is -2.07. The SMILES string of the molecule is CC(=O)Oc1c(C=Nn2c(=O)[nH]c3ccccc3c2=O)cc(Cl)cc1[N+](=O)[O-]. The van der Waals surface area contributed by atoms with E-state index in [-0.39, 0.29) is 16.0 Å². The zero-order chi connectivity index (χ0) is 20.4. The average molecular weight is 403 g/mol. The van der Waals surface area contributed by atoms with Crippen molar-refractivity contribution < 1.29 is 14.5 Å². The lowest BCUT2D eigenvalue weighted by atomic mass is 10.2. The predicted molar refractivity (Wildman–Crippen MR) is 101 cm³/mol. The van der Waals surface area contributed by atoms with Crippen molar-refractivity contribution in [1.82, 2.24) is 9.66 Å². The van der Waals surface area contributed by atoms with Crippen LogP contribution in [-0.4, -0.2) is 26.8 Å². The van der Waals surface area contributed by atoms with E-state index in [0.29, 0.717) is 10.2 Å². The standard InChI is InChI=1S/C17H11ClN4O6/c1-9(23)28-15-10(6-11(18)7-14(15)22(26)27)8-19-21-16(24)12-4-2-3-5-13(12)20-17(21)25/h2-8H,1H3,(H,20,25). The molecule has 0 radical (unpaired) electrons. The summed E-state index contributed by atoms with van der Waals surface area (Å²) in [6.07, 6.45) is 0.975. The number of para-hydroxylation sites is 1. The summed E-state index contributed by atoms with van der Waals surface area (Å²) in [6, 6.07) is 8.60. The van der Waals surface area contributed by atoms with Crippen LogP contribution in [0.25, 0.3) is 10.9 Å². The number of esters is 1. The number of nitrogens with zero attached hydrogens (tertiary/aromatic N) is 3. The zero-order valence-electron chi connectivity index (χ0n) is 14.2. The van der Waals surface area contributed by atoms with E-state index in [1.165, 1.54) is 12.1 Å². The Morgan fingerprint density at radius 2 is 2.04 bits per heavy atom. The number of nitro benzene ring substituents is 1. The number of hydrogen-bond acceptors (Lipinski definition) is 7. The molecule has 0 fully saturated rings. The normalized spacial score (nSPS) is 11.1. The molecule has 0 aliphatic carbocycles. The summed E-state index contributed by atoms with van der Waals surface area (Å²) in [5.74, 6) is -1.21. The molecule has 11 heteroatoms. The minimum atomic E-state index is -0.814. The van der Waals surface area contributed by atoms with E-state index in [9.17, 15) is 24.5 Å². The highest BCUT2D eigenvalue weighted by Crippen LogP contribution is 2.33. The molecule has 142 valence electrons. The van der Waals surface area contributed by atoms with Crippen LogP contribution in [0, 0.1) is 10.1 Å². The quantitative estimate of drug-likeness (QED) is 0.233. The van der Waals surface area contributed by atoms with Crippen LogP contribution < -0.4 is 16.0 Å². The first-order valence-corrected chi connectivity index (χ1v) is 8.10. The van der Waals surface area contributed by atoms with Gasteiger partial charge in [-0.3, -0.25) is 19.7 Å². The first-order valence-electron chi connectivity index (χ1n) is 7.72. The van der Waals surface area contributed by atoms with Gasteiger partial charge in [-0.15, -0.1) is 4.68 Å². The summed E-state index contributed by atoms with van der Waals surface area (Å²) in [6.45, 7) is 1.07. The van der Waals surface area contributed by atoms with Gasteiger partial charge in [0.15, 0.2) is 0 Å². The number of ether oxygens (including phenoxy) is 1. The summed E-state index contributed by atoms with van der Waals surface area (Å²) in [7, 11) is 0. The van der Waals surface area contributed by atoms with Crippen molar-refractivity contribution in [3.05, 3.63) is 77.9 Å². The fourth-order valence-electron chi connectivity index (χ4n) is 2.46. The highest BCUT2D eigenvalue weighted by molar-refractivity contribution is 6.31. The first kappa shape index (κ1) is 19.0. The molecule has 0 aliphatic rings. The minimum absolute atomic E-state index is 0.0242. The van der Waals surface area contributed by atoms with Crippen molar-refractivity contribution >= 4 is 40.4 Å². The molecule has 0 unspecified atom stereocenters. The highest BCUT2D eigenvalue weighted by Gasteiger charge is 2.22. The molecule has 3 aromatic rings. The van der Waals surface area contributed by atoms with Crippen molar-refractivity contribution in [1.29, 1.82) is 0 Å². The number of hydrogen-bond donors (Lipinski definition) is 1. The maximum atomic E-state index is 12.5. The van der Waals surface area contributed by atoms with Crippen LogP contribution in [0.3, 0.4) is 0 Å². The number of carbonyl (C=O) groups is 1. The molecule has 2 aromatic carbocycles. The first-order chi connectivity index (χ1) is 13.3. The second-order valence-corrected chi connectivity index (χ2v) is 5.97. The number of carbonyl (C=O) groups excluding carboxylic acids is 1. The van der Waals surface area contributed by atoms with Crippen molar-refractivity contribution in [3.63, 3.8) is 0 Å². The van der Waals surface area contributed by atoms with E-state index in [0.717, 1.165) is 19.2 Å². The van der Waals surface area contributed by atoms with Crippen LogP contribution in [-0.2, 0) is 4.79 Å². The Morgan fingerprint density at radius 1 is 1.32 bits per heavy atom. The Labute approximate surface area is 160 Å². The molecule has 0 saturated carbocycles. The van der Waals surface area contributed by atoms with Gasteiger partial charge in [0.05, 0.1) is 22.0 Å². The molecular weight excluding hydrogens is 392 g/mol. The summed E-state index contributed by atoms with van der Waals surface area (Å²) >= 11 is 5.88. The Bertz CT molecular complexity index is 1260. The smallest absolute Gasteiger partial charge is 0.349 e. The third-order valence-electron chi connectivity index (χ3n) is 3.60. The van der Waals surface area contributed by atoms with Gasteiger partial charge in [0.2, 0.25) is 5.75 Å². The number of aromatic nitrogens is 2. The molecule has 0 bridgehead atoms. The molecule has 10 nitrogen and oxygen atoms in total. The van der Waals surface area contributed by atoms with Crippen molar-refractivity contribution in [3.8, 4) is 5.75 Å². The second kappa shape index (κ2) is 7.45. The van der Waals surface area contributed by atoms with Gasteiger partial charge in [0, 0.05) is 23.6 Å². The van der Waals surface area contributed by atoms with Gasteiger partial charge < -0.3 is 9.72 Å². The van der Waals surface area contributed by atoms with Crippen LogP contribution in [0.4, 0.5) is 5.69 Å². The molecule has 0 spiro atoms. The third kappa shape index (κ3) is 3.67. The number of rotatable bonds is 4. The van der Waals surface area contributed by atoms with Gasteiger partial charge in [-0.2, -0.15) is 5.10 Å². The number of aromatic amines is 1. The molecule has 1 N–H and O–H groups in total. The lowest BCUT2D eigenvalue weighted by molar-refractivity contribution is -0.385. The topological polar surface area (TPSA) is 137 Å². The molecule has 0 atom stereocenters. The Kier molecular flexibility index (Phi) is 5.05. The molecule has 28 heavy (non-hydrogen) atoms. The van der Waals surface area contributed by atoms with E-state index in [4.69, 9.17) is 16.3 Å². The van der Waals surface area contributed by atoms with Gasteiger partial charge in [0.25, 0.3) is 5.56 Å². The van der Waals surface area contributed by atoms with Crippen LogP contribution in [0.15, 0.2) is 51.1 Å². The van der Waals surface area contributed by atoms with Gasteiger partial charge in [-0.05, 0) is 18.2 Å². The van der Waals surface area contributed by atoms with Crippen LogP contribution >= 0.6 is 11.6 Å².